The fourth-order valence-corrected chi connectivity index (χ4v) is 2.15. The van der Waals surface area contributed by atoms with E-state index in [2.05, 4.69) is 5.32 Å². The first-order valence-electron chi connectivity index (χ1n) is 6.88. The number of sulfone groups is 1. The van der Waals surface area contributed by atoms with Crippen LogP contribution in [-0.4, -0.2) is 39.2 Å². The molecular formula is C15H21NO5S. The Balaban J connectivity index is 2.57. The van der Waals surface area contributed by atoms with Crippen LogP contribution in [0.5, 0.6) is 0 Å². The number of hydrogen-bond acceptors (Lipinski definition) is 5. The molecule has 1 aromatic carbocycles. The molecule has 1 amide bonds. The molecule has 0 radical (unpaired) electrons. The quantitative estimate of drug-likeness (QED) is 0.798. The van der Waals surface area contributed by atoms with Gasteiger partial charge in [0.1, 0.15) is 0 Å². The van der Waals surface area contributed by atoms with Gasteiger partial charge in [-0.05, 0) is 37.1 Å². The van der Waals surface area contributed by atoms with Crippen molar-refractivity contribution in [3.05, 3.63) is 29.8 Å². The van der Waals surface area contributed by atoms with Gasteiger partial charge in [-0.1, -0.05) is 13.8 Å². The van der Waals surface area contributed by atoms with Gasteiger partial charge in [0, 0.05) is 12.3 Å². The largest absolute Gasteiger partial charge is 0.452 e. The van der Waals surface area contributed by atoms with Crippen molar-refractivity contribution in [3.8, 4) is 0 Å². The first kappa shape index (κ1) is 18.2. The summed E-state index contributed by atoms with van der Waals surface area (Å²) in [6, 6.07) is 5.35. The highest BCUT2D eigenvalue weighted by molar-refractivity contribution is 7.90. The SMILES string of the molecule is CC(C)[C@H](C)NC(=O)COC(=O)c1ccc(S(C)(=O)=O)cc1. The molecule has 6 nitrogen and oxygen atoms in total. The van der Waals surface area contributed by atoms with Crippen LogP contribution in [0.2, 0.25) is 0 Å². The molecule has 0 unspecified atom stereocenters. The van der Waals surface area contributed by atoms with Gasteiger partial charge in [-0.25, -0.2) is 13.2 Å². The van der Waals surface area contributed by atoms with Gasteiger partial charge in [0.15, 0.2) is 16.4 Å². The van der Waals surface area contributed by atoms with Gasteiger partial charge < -0.3 is 10.1 Å². The summed E-state index contributed by atoms with van der Waals surface area (Å²) >= 11 is 0. The summed E-state index contributed by atoms with van der Waals surface area (Å²) in [5.74, 6) is -0.766. The molecule has 0 spiro atoms. The Morgan fingerprint density at radius 1 is 1.14 bits per heavy atom. The van der Waals surface area contributed by atoms with Crippen molar-refractivity contribution < 1.29 is 22.7 Å². The Labute approximate surface area is 130 Å². The second-order valence-corrected chi connectivity index (χ2v) is 7.49. The molecule has 0 saturated carbocycles. The van der Waals surface area contributed by atoms with Crippen LogP contribution < -0.4 is 5.32 Å². The van der Waals surface area contributed by atoms with Gasteiger partial charge in [0.05, 0.1) is 10.5 Å². The molecule has 0 aliphatic heterocycles. The van der Waals surface area contributed by atoms with E-state index in [1.807, 2.05) is 20.8 Å². The van der Waals surface area contributed by atoms with Crippen molar-refractivity contribution in [2.24, 2.45) is 5.92 Å². The number of amides is 1. The molecule has 0 bridgehead atoms. The highest BCUT2D eigenvalue weighted by atomic mass is 32.2. The Morgan fingerprint density at radius 3 is 2.14 bits per heavy atom. The van der Waals surface area contributed by atoms with E-state index in [1.54, 1.807) is 0 Å². The zero-order chi connectivity index (χ0) is 16.9. The third kappa shape index (κ3) is 5.48. The molecule has 122 valence electrons. The van der Waals surface area contributed by atoms with Crippen molar-refractivity contribution >= 4 is 21.7 Å². The lowest BCUT2D eigenvalue weighted by molar-refractivity contribution is -0.125. The van der Waals surface area contributed by atoms with Crippen LogP contribution in [0.15, 0.2) is 29.2 Å². The molecule has 1 rings (SSSR count). The van der Waals surface area contributed by atoms with Crippen molar-refractivity contribution in [2.75, 3.05) is 12.9 Å². The van der Waals surface area contributed by atoms with E-state index in [-0.39, 0.29) is 34.9 Å². The maximum atomic E-state index is 11.8. The molecular weight excluding hydrogens is 306 g/mol. The second-order valence-electron chi connectivity index (χ2n) is 5.47. The molecule has 1 N–H and O–H groups in total. The zero-order valence-electron chi connectivity index (χ0n) is 13.1. The van der Waals surface area contributed by atoms with E-state index in [0.29, 0.717) is 0 Å². The molecule has 1 aromatic rings. The van der Waals surface area contributed by atoms with Crippen LogP contribution in [-0.2, 0) is 19.4 Å². The summed E-state index contributed by atoms with van der Waals surface area (Å²) < 4.78 is 27.5. The standard InChI is InChI=1S/C15H21NO5S/c1-10(2)11(3)16-14(17)9-21-15(18)12-5-7-13(8-6-12)22(4,19)20/h5-8,10-11H,9H2,1-4H3,(H,16,17)/t11-/m0/s1. The topological polar surface area (TPSA) is 89.5 Å². The first-order valence-corrected chi connectivity index (χ1v) is 8.77. The average Bonchev–Trinajstić information content (AvgIpc) is 2.43. The lowest BCUT2D eigenvalue weighted by Crippen LogP contribution is -2.38. The monoisotopic (exact) mass is 327 g/mol. The highest BCUT2D eigenvalue weighted by Gasteiger charge is 2.14. The number of nitrogens with one attached hydrogen (secondary N) is 1. The van der Waals surface area contributed by atoms with E-state index >= 15 is 0 Å². The Hall–Kier alpha value is -1.89. The zero-order valence-corrected chi connectivity index (χ0v) is 13.9. The van der Waals surface area contributed by atoms with E-state index in [9.17, 15) is 18.0 Å². The van der Waals surface area contributed by atoms with Gasteiger partial charge in [-0.15, -0.1) is 0 Å². The number of benzene rings is 1. The molecule has 0 aromatic heterocycles. The van der Waals surface area contributed by atoms with Gasteiger partial charge in [0.25, 0.3) is 5.91 Å². The van der Waals surface area contributed by atoms with Crippen molar-refractivity contribution in [1.82, 2.24) is 5.32 Å². The summed E-state index contributed by atoms with van der Waals surface area (Å²) in [5.41, 5.74) is 0.192. The van der Waals surface area contributed by atoms with Crippen LogP contribution >= 0.6 is 0 Å². The Morgan fingerprint density at radius 2 is 1.68 bits per heavy atom. The number of hydrogen-bond donors (Lipinski definition) is 1. The Kier molecular flexibility index (Phi) is 6.11. The predicted molar refractivity (Wildman–Crippen MR) is 82.3 cm³/mol. The van der Waals surface area contributed by atoms with Crippen molar-refractivity contribution in [2.45, 2.75) is 31.7 Å². The predicted octanol–water partition coefficient (Wildman–Crippen LogP) is 1.41. The summed E-state index contributed by atoms with van der Waals surface area (Å²) in [6.45, 7) is 5.44. The third-order valence-electron chi connectivity index (χ3n) is 3.24. The van der Waals surface area contributed by atoms with E-state index in [0.717, 1.165) is 6.26 Å². The van der Waals surface area contributed by atoms with E-state index < -0.39 is 15.8 Å². The van der Waals surface area contributed by atoms with E-state index in [4.69, 9.17) is 4.74 Å². The highest BCUT2D eigenvalue weighted by Crippen LogP contribution is 2.11. The lowest BCUT2D eigenvalue weighted by Gasteiger charge is -2.17. The fourth-order valence-electron chi connectivity index (χ4n) is 1.51. The third-order valence-corrected chi connectivity index (χ3v) is 4.37. The molecule has 7 heteroatoms. The van der Waals surface area contributed by atoms with Crippen molar-refractivity contribution in [3.63, 3.8) is 0 Å². The van der Waals surface area contributed by atoms with Gasteiger partial charge >= 0.3 is 5.97 Å². The number of carbonyl (C=O) groups is 2. The minimum absolute atomic E-state index is 0.0137. The smallest absolute Gasteiger partial charge is 0.338 e. The molecule has 0 aliphatic carbocycles. The van der Waals surface area contributed by atoms with Crippen LogP contribution in [0.1, 0.15) is 31.1 Å². The van der Waals surface area contributed by atoms with Crippen LogP contribution in [0.4, 0.5) is 0 Å². The number of carbonyl (C=O) groups excluding carboxylic acids is 2. The lowest BCUT2D eigenvalue weighted by atomic mass is 10.1. The second kappa shape index (κ2) is 7.40. The van der Waals surface area contributed by atoms with Crippen LogP contribution in [0, 0.1) is 5.92 Å². The maximum Gasteiger partial charge on any atom is 0.338 e. The molecule has 0 heterocycles. The normalized spacial score (nSPS) is 12.8. The molecule has 0 saturated heterocycles. The summed E-state index contributed by atoms with van der Waals surface area (Å²) in [6.07, 6.45) is 1.08. The summed E-state index contributed by atoms with van der Waals surface area (Å²) in [4.78, 5) is 23.5. The Bertz CT molecular complexity index is 634. The molecule has 0 aliphatic rings. The van der Waals surface area contributed by atoms with Gasteiger partial charge in [-0.3, -0.25) is 4.79 Å². The number of rotatable bonds is 6. The number of ether oxygens (including phenoxy) is 1. The van der Waals surface area contributed by atoms with E-state index in [1.165, 1.54) is 24.3 Å². The minimum Gasteiger partial charge on any atom is -0.452 e. The average molecular weight is 327 g/mol. The minimum atomic E-state index is -3.31. The molecule has 22 heavy (non-hydrogen) atoms. The fraction of sp³-hybridized carbons (Fsp3) is 0.467. The van der Waals surface area contributed by atoms with Gasteiger partial charge in [-0.2, -0.15) is 0 Å². The van der Waals surface area contributed by atoms with Gasteiger partial charge in [0.2, 0.25) is 0 Å². The number of esters is 1. The van der Waals surface area contributed by atoms with Crippen LogP contribution in [0.25, 0.3) is 0 Å². The summed E-state index contributed by atoms with van der Waals surface area (Å²) in [5, 5.41) is 2.72. The molecule has 1 atom stereocenters. The summed E-state index contributed by atoms with van der Waals surface area (Å²) in [7, 11) is -3.31. The van der Waals surface area contributed by atoms with Crippen LogP contribution in [0.3, 0.4) is 0 Å². The molecule has 0 fully saturated rings. The van der Waals surface area contributed by atoms with Crippen molar-refractivity contribution in [1.29, 1.82) is 0 Å². The first-order chi connectivity index (χ1) is 10.1. The maximum absolute atomic E-state index is 11.8.